The van der Waals surface area contributed by atoms with Gasteiger partial charge in [0, 0.05) is 0 Å². The molecule has 0 aromatic heterocycles. The number of sulfonamides is 1. The second kappa shape index (κ2) is 5.30. The zero-order valence-electron chi connectivity index (χ0n) is 9.70. The smallest absolute Gasteiger partial charge is 0.241 e. The summed E-state index contributed by atoms with van der Waals surface area (Å²) >= 11 is 16.3. The maximum Gasteiger partial charge on any atom is 0.241 e. The fourth-order valence-corrected chi connectivity index (χ4v) is 2.99. The summed E-state index contributed by atoms with van der Waals surface area (Å²) in [6.07, 6.45) is 0. The summed E-state index contributed by atoms with van der Waals surface area (Å²) in [6, 6.07) is 4.03. The molecule has 0 amide bonds. The van der Waals surface area contributed by atoms with E-state index in [4.69, 9.17) is 41.2 Å². The van der Waals surface area contributed by atoms with E-state index in [1.54, 1.807) is 13.8 Å². The van der Waals surface area contributed by atoms with E-state index in [-0.39, 0.29) is 19.9 Å². The largest absolute Gasteiger partial charge is 0.392 e. The van der Waals surface area contributed by atoms with Crippen LogP contribution in [0.1, 0.15) is 13.8 Å². The van der Waals surface area contributed by atoms with Crippen LogP contribution in [0.25, 0.3) is 0 Å². The molecular formula is C10H12Cl2N2O2S2. The highest BCUT2D eigenvalue weighted by molar-refractivity contribution is 7.89. The Labute approximate surface area is 122 Å². The minimum atomic E-state index is -3.76. The van der Waals surface area contributed by atoms with E-state index in [1.165, 1.54) is 18.2 Å². The second-order valence-corrected chi connectivity index (χ2v) is 7.11. The number of thiocarbonyl (C=S) groups is 1. The SMILES string of the molecule is CC(C)(NS(=O)(=O)c1ccc(Cl)c(Cl)c1)C(N)=S. The zero-order valence-corrected chi connectivity index (χ0v) is 12.8. The highest BCUT2D eigenvalue weighted by Crippen LogP contribution is 2.25. The van der Waals surface area contributed by atoms with Crippen molar-refractivity contribution in [3.63, 3.8) is 0 Å². The summed E-state index contributed by atoms with van der Waals surface area (Å²) < 4.78 is 26.6. The van der Waals surface area contributed by atoms with Gasteiger partial charge >= 0.3 is 0 Å². The van der Waals surface area contributed by atoms with Crippen LogP contribution in [0.15, 0.2) is 23.1 Å². The molecule has 3 N–H and O–H groups in total. The predicted octanol–water partition coefficient (Wildman–Crippen LogP) is 2.34. The van der Waals surface area contributed by atoms with Gasteiger partial charge in [0.1, 0.15) is 0 Å². The third-order valence-electron chi connectivity index (χ3n) is 2.21. The van der Waals surface area contributed by atoms with Gasteiger partial charge in [-0.3, -0.25) is 0 Å². The molecule has 18 heavy (non-hydrogen) atoms. The Morgan fingerprint density at radius 1 is 1.33 bits per heavy atom. The lowest BCUT2D eigenvalue weighted by Crippen LogP contribution is -2.51. The summed E-state index contributed by atoms with van der Waals surface area (Å²) in [4.78, 5) is 0.0485. The monoisotopic (exact) mass is 326 g/mol. The van der Waals surface area contributed by atoms with Crippen LogP contribution in [0, 0.1) is 0 Å². The molecule has 0 radical (unpaired) electrons. The van der Waals surface area contributed by atoms with E-state index in [0.29, 0.717) is 0 Å². The van der Waals surface area contributed by atoms with E-state index >= 15 is 0 Å². The minimum absolute atomic E-state index is 0.00113. The van der Waals surface area contributed by atoms with Crippen LogP contribution in [0.5, 0.6) is 0 Å². The Hall–Kier alpha value is -0.400. The molecule has 4 nitrogen and oxygen atoms in total. The molecule has 0 bridgehead atoms. The maximum atomic E-state index is 12.1. The fourth-order valence-electron chi connectivity index (χ4n) is 1.09. The van der Waals surface area contributed by atoms with Crippen molar-refractivity contribution in [2.75, 3.05) is 0 Å². The van der Waals surface area contributed by atoms with E-state index in [0.717, 1.165) is 0 Å². The minimum Gasteiger partial charge on any atom is -0.392 e. The molecule has 0 heterocycles. The number of hydrogen-bond acceptors (Lipinski definition) is 3. The number of nitrogens with one attached hydrogen (secondary N) is 1. The first-order valence-corrected chi connectivity index (χ1v) is 7.50. The average molecular weight is 327 g/mol. The van der Waals surface area contributed by atoms with Crippen molar-refractivity contribution < 1.29 is 8.42 Å². The van der Waals surface area contributed by atoms with Crippen molar-refractivity contribution in [3.05, 3.63) is 28.2 Å². The van der Waals surface area contributed by atoms with E-state index in [9.17, 15) is 8.42 Å². The Morgan fingerprint density at radius 2 is 1.89 bits per heavy atom. The lowest BCUT2D eigenvalue weighted by Gasteiger charge is -2.24. The van der Waals surface area contributed by atoms with Crippen LogP contribution < -0.4 is 10.5 Å². The third-order valence-corrected chi connectivity index (χ3v) is 5.11. The molecule has 8 heteroatoms. The van der Waals surface area contributed by atoms with E-state index < -0.39 is 15.6 Å². The number of halogens is 2. The molecule has 0 aliphatic rings. The third kappa shape index (κ3) is 3.55. The summed E-state index contributed by atoms with van der Waals surface area (Å²) in [7, 11) is -3.76. The van der Waals surface area contributed by atoms with Crippen LogP contribution in [0.3, 0.4) is 0 Å². The van der Waals surface area contributed by atoms with Crippen molar-refractivity contribution in [1.29, 1.82) is 0 Å². The van der Waals surface area contributed by atoms with Gasteiger partial charge in [-0.05, 0) is 32.0 Å². The Bertz CT molecular complexity index is 586. The molecule has 0 saturated carbocycles. The average Bonchev–Trinajstić information content (AvgIpc) is 2.20. The maximum absolute atomic E-state index is 12.1. The zero-order chi connectivity index (χ0) is 14.1. The Morgan fingerprint density at radius 3 is 2.33 bits per heavy atom. The van der Waals surface area contributed by atoms with Gasteiger partial charge in [0.25, 0.3) is 0 Å². The van der Waals surface area contributed by atoms with E-state index in [1.807, 2.05) is 0 Å². The van der Waals surface area contributed by atoms with Gasteiger partial charge in [-0.1, -0.05) is 35.4 Å². The molecule has 0 saturated heterocycles. The Kier molecular flexibility index (Phi) is 4.61. The summed E-state index contributed by atoms with van der Waals surface area (Å²) in [5, 5.41) is 0.442. The second-order valence-electron chi connectivity index (χ2n) is 4.17. The standard InChI is InChI=1S/C10H12Cl2N2O2S2/c1-10(2,9(13)17)14-18(15,16)6-3-4-7(11)8(12)5-6/h3-5,14H,1-2H3,(H2,13,17). The molecule has 1 aromatic rings. The molecule has 0 spiro atoms. The van der Waals surface area contributed by atoms with Gasteiger partial charge in [0.2, 0.25) is 10.0 Å². The van der Waals surface area contributed by atoms with Gasteiger partial charge in [-0.15, -0.1) is 0 Å². The Balaban J connectivity index is 3.15. The quantitative estimate of drug-likeness (QED) is 0.833. The lowest BCUT2D eigenvalue weighted by molar-refractivity contribution is 0.546. The molecule has 0 unspecified atom stereocenters. The van der Waals surface area contributed by atoms with Crippen molar-refractivity contribution in [2.45, 2.75) is 24.3 Å². The van der Waals surface area contributed by atoms with Gasteiger partial charge in [-0.2, -0.15) is 4.72 Å². The number of benzene rings is 1. The lowest BCUT2D eigenvalue weighted by atomic mass is 10.1. The number of nitrogens with two attached hydrogens (primary N) is 1. The van der Waals surface area contributed by atoms with E-state index in [2.05, 4.69) is 4.72 Å². The first-order valence-electron chi connectivity index (χ1n) is 4.85. The highest BCUT2D eigenvalue weighted by Gasteiger charge is 2.28. The molecule has 0 atom stereocenters. The van der Waals surface area contributed by atoms with Crippen LogP contribution in [-0.2, 0) is 10.0 Å². The topological polar surface area (TPSA) is 72.2 Å². The van der Waals surface area contributed by atoms with Crippen LogP contribution in [0.2, 0.25) is 10.0 Å². The van der Waals surface area contributed by atoms with Gasteiger partial charge in [-0.25, -0.2) is 8.42 Å². The number of rotatable bonds is 4. The summed E-state index contributed by atoms with van der Waals surface area (Å²) in [5.74, 6) is 0. The van der Waals surface area contributed by atoms with Crippen LogP contribution in [-0.4, -0.2) is 18.9 Å². The van der Waals surface area contributed by atoms with Gasteiger partial charge in [0.15, 0.2) is 0 Å². The van der Waals surface area contributed by atoms with Crippen molar-refractivity contribution in [2.24, 2.45) is 5.73 Å². The summed E-state index contributed by atoms with van der Waals surface area (Å²) in [5.41, 5.74) is 4.44. The van der Waals surface area contributed by atoms with Crippen LogP contribution >= 0.6 is 35.4 Å². The van der Waals surface area contributed by atoms with Crippen molar-refractivity contribution in [1.82, 2.24) is 4.72 Å². The first-order chi connectivity index (χ1) is 8.06. The highest BCUT2D eigenvalue weighted by atomic mass is 35.5. The number of hydrogen-bond donors (Lipinski definition) is 2. The molecule has 1 rings (SSSR count). The molecule has 0 aliphatic carbocycles. The molecule has 1 aromatic carbocycles. The molecule has 100 valence electrons. The predicted molar refractivity (Wildman–Crippen MR) is 77.6 cm³/mol. The van der Waals surface area contributed by atoms with Crippen molar-refractivity contribution in [3.8, 4) is 0 Å². The molecular weight excluding hydrogens is 315 g/mol. The summed E-state index contributed by atoms with van der Waals surface area (Å²) in [6.45, 7) is 3.15. The molecule has 0 aliphatic heterocycles. The first kappa shape index (κ1) is 15.7. The fraction of sp³-hybridized carbons (Fsp3) is 0.300. The van der Waals surface area contributed by atoms with Crippen molar-refractivity contribution >= 4 is 50.4 Å². The van der Waals surface area contributed by atoms with Gasteiger partial charge < -0.3 is 5.73 Å². The molecule has 0 fully saturated rings. The normalized spacial score (nSPS) is 12.4. The van der Waals surface area contributed by atoms with Crippen LogP contribution in [0.4, 0.5) is 0 Å². The van der Waals surface area contributed by atoms with Gasteiger partial charge in [0.05, 0.1) is 25.5 Å².